The minimum Gasteiger partial charge on any atom is -0.361 e. The molecule has 3 aromatic carbocycles. The predicted octanol–water partition coefficient (Wildman–Crippen LogP) is 4.95. The van der Waals surface area contributed by atoms with Crippen LogP contribution >= 0.6 is 15.9 Å². The van der Waals surface area contributed by atoms with Gasteiger partial charge in [-0.1, -0.05) is 30.3 Å². The second-order valence-corrected chi connectivity index (χ2v) is 7.35. The topological polar surface area (TPSA) is 86.3 Å². The number of benzene rings is 3. The van der Waals surface area contributed by atoms with Crippen molar-refractivity contribution in [3.63, 3.8) is 0 Å². The van der Waals surface area contributed by atoms with Gasteiger partial charge in [-0.25, -0.2) is 5.43 Å². The number of para-hydroxylation sites is 1. The zero-order valence-electron chi connectivity index (χ0n) is 15.7. The standard InChI is InChI=1S/C23H17BrN4O2/c24-20-7-3-1-6-19(20)23(30)27-17-11-9-15(10-12-17)22(29)28-26-14-16-13-25-21-8-4-2-5-18(16)21/h1-14,25H,(H,27,30)(H,28,29)/b26-14+. The van der Waals surface area contributed by atoms with Crippen LogP contribution in [0.5, 0.6) is 0 Å². The Balaban J connectivity index is 1.38. The quantitative estimate of drug-likeness (QED) is 0.290. The van der Waals surface area contributed by atoms with Crippen LogP contribution in [-0.4, -0.2) is 23.0 Å². The number of amides is 2. The molecule has 4 rings (SSSR count). The van der Waals surface area contributed by atoms with Crippen LogP contribution in [0, 0.1) is 0 Å². The first-order valence-electron chi connectivity index (χ1n) is 9.17. The number of rotatable bonds is 5. The number of H-pyrrole nitrogens is 1. The van der Waals surface area contributed by atoms with Gasteiger partial charge in [0.15, 0.2) is 0 Å². The number of carbonyl (C=O) groups is 2. The van der Waals surface area contributed by atoms with Gasteiger partial charge < -0.3 is 10.3 Å². The van der Waals surface area contributed by atoms with Gasteiger partial charge >= 0.3 is 0 Å². The van der Waals surface area contributed by atoms with Crippen molar-refractivity contribution >= 4 is 50.5 Å². The van der Waals surface area contributed by atoms with Crippen molar-refractivity contribution in [3.8, 4) is 0 Å². The Morgan fingerprint density at radius 2 is 1.63 bits per heavy atom. The fourth-order valence-corrected chi connectivity index (χ4v) is 3.44. The Bertz CT molecular complexity index is 1250. The molecule has 0 saturated carbocycles. The molecule has 0 spiro atoms. The van der Waals surface area contributed by atoms with Gasteiger partial charge in [-0.05, 0) is 58.4 Å². The van der Waals surface area contributed by atoms with Crippen molar-refractivity contribution in [1.82, 2.24) is 10.4 Å². The Morgan fingerprint density at radius 3 is 2.43 bits per heavy atom. The van der Waals surface area contributed by atoms with Gasteiger partial charge in [0.25, 0.3) is 11.8 Å². The predicted molar refractivity (Wildman–Crippen MR) is 122 cm³/mol. The summed E-state index contributed by atoms with van der Waals surface area (Å²) in [5, 5.41) is 7.88. The number of nitrogens with zero attached hydrogens (tertiary/aromatic N) is 1. The Labute approximate surface area is 181 Å². The Morgan fingerprint density at radius 1 is 0.900 bits per heavy atom. The van der Waals surface area contributed by atoms with E-state index in [1.807, 2.05) is 36.5 Å². The van der Waals surface area contributed by atoms with Crippen molar-refractivity contribution in [2.45, 2.75) is 0 Å². The number of aromatic nitrogens is 1. The van der Waals surface area contributed by atoms with Crippen LogP contribution in [0.25, 0.3) is 10.9 Å². The third-order valence-electron chi connectivity index (χ3n) is 4.51. The van der Waals surface area contributed by atoms with E-state index in [0.717, 1.165) is 16.5 Å². The highest BCUT2D eigenvalue weighted by molar-refractivity contribution is 9.10. The molecule has 0 radical (unpaired) electrons. The van der Waals surface area contributed by atoms with E-state index in [-0.39, 0.29) is 11.8 Å². The van der Waals surface area contributed by atoms with Gasteiger partial charge in [-0.2, -0.15) is 5.10 Å². The fraction of sp³-hybridized carbons (Fsp3) is 0. The molecule has 7 heteroatoms. The maximum absolute atomic E-state index is 12.4. The second-order valence-electron chi connectivity index (χ2n) is 6.50. The molecular formula is C23H17BrN4O2. The fourth-order valence-electron chi connectivity index (χ4n) is 2.97. The first-order chi connectivity index (χ1) is 14.6. The van der Waals surface area contributed by atoms with E-state index in [4.69, 9.17) is 0 Å². The van der Waals surface area contributed by atoms with Crippen molar-refractivity contribution in [2.24, 2.45) is 5.10 Å². The second kappa shape index (κ2) is 8.75. The number of anilines is 1. The van der Waals surface area contributed by atoms with E-state index < -0.39 is 0 Å². The molecule has 148 valence electrons. The van der Waals surface area contributed by atoms with Crippen LogP contribution in [0.1, 0.15) is 26.3 Å². The van der Waals surface area contributed by atoms with E-state index in [9.17, 15) is 9.59 Å². The van der Waals surface area contributed by atoms with Crippen LogP contribution in [-0.2, 0) is 0 Å². The summed E-state index contributed by atoms with van der Waals surface area (Å²) in [7, 11) is 0. The minimum absolute atomic E-state index is 0.233. The molecule has 1 heterocycles. The summed E-state index contributed by atoms with van der Waals surface area (Å²) in [5.74, 6) is -0.572. The summed E-state index contributed by atoms with van der Waals surface area (Å²) in [6, 6.07) is 21.6. The molecule has 0 aliphatic rings. The lowest BCUT2D eigenvalue weighted by Crippen LogP contribution is -2.18. The molecule has 1 aromatic heterocycles. The van der Waals surface area contributed by atoms with Crippen molar-refractivity contribution in [2.75, 3.05) is 5.32 Å². The molecule has 4 aromatic rings. The normalized spacial score (nSPS) is 11.0. The summed E-state index contributed by atoms with van der Waals surface area (Å²) in [4.78, 5) is 27.8. The third-order valence-corrected chi connectivity index (χ3v) is 5.21. The molecule has 0 bridgehead atoms. The van der Waals surface area contributed by atoms with Gasteiger partial charge in [-0.3, -0.25) is 9.59 Å². The van der Waals surface area contributed by atoms with Crippen molar-refractivity contribution in [1.29, 1.82) is 0 Å². The molecule has 2 amide bonds. The zero-order chi connectivity index (χ0) is 20.9. The molecule has 0 aliphatic heterocycles. The number of hydrogen-bond acceptors (Lipinski definition) is 3. The number of hydrazone groups is 1. The van der Waals surface area contributed by atoms with Crippen LogP contribution in [0.4, 0.5) is 5.69 Å². The van der Waals surface area contributed by atoms with Gasteiger partial charge in [0, 0.05) is 38.4 Å². The zero-order valence-corrected chi connectivity index (χ0v) is 17.3. The molecule has 30 heavy (non-hydrogen) atoms. The van der Waals surface area contributed by atoms with E-state index >= 15 is 0 Å². The maximum atomic E-state index is 12.4. The summed E-state index contributed by atoms with van der Waals surface area (Å²) in [6.07, 6.45) is 3.44. The molecule has 0 unspecified atom stereocenters. The van der Waals surface area contributed by atoms with E-state index in [1.165, 1.54) is 0 Å². The first-order valence-corrected chi connectivity index (χ1v) is 9.96. The van der Waals surface area contributed by atoms with E-state index in [1.54, 1.807) is 48.7 Å². The maximum Gasteiger partial charge on any atom is 0.271 e. The van der Waals surface area contributed by atoms with Crippen LogP contribution < -0.4 is 10.7 Å². The lowest BCUT2D eigenvalue weighted by molar-refractivity contribution is 0.0954. The Kier molecular flexibility index (Phi) is 5.72. The minimum atomic E-state index is -0.338. The average Bonchev–Trinajstić information content (AvgIpc) is 3.17. The average molecular weight is 461 g/mol. The SMILES string of the molecule is O=C(N/N=C/c1c[nH]c2ccccc12)c1ccc(NC(=O)c2ccccc2Br)cc1. The van der Waals surface area contributed by atoms with Crippen molar-refractivity contribution < 1.29 is 9.59 Å². The van der Waals surface area contributed by atoms with Gasteiger partial charge in [-0.15, -0.1) is 0 Å². The number of carbonyl (C=O) groups excluding carboxylic acids is 2. The van der Waals surface area contributed by atoms with Gasteiger partial charge in [0.05, 0.1) is 11.8 Å². The molecule has 0 saturated heterocycles. The van der Waals surface area contributed by atoms with Crippen LogP contribution in [0.15, 0.2) is 88.6 Å². The first kappa shape index (κ1) is 19.6. The van der Waals surface area contributed by atoms with E-state index in [0.29, 0.717) is 21.3 Å². The number of fused-ring (bicyclic) bond motifs is 1. The van der Waals surface area contributed by atoms with Crippen LogP contribution in [0.2, 0.25) is 0 Å². The molecular weight excluding hydrogens is 444 g/mol. The highest BCUT2D eigenvalue weighted by Crippen LogP contribution is 2.18. The molecule has 0 atom stereocenters. The molecule has 0 fully saturated rings. The molecule has 6 nitrogen and oxygen atoms in total. The third kappa shape index (κ3) is 4.31. The highest BCUT2D eigenvalue weighted by atomic mass is 79.9. The van der Waals surface area contributed by atoms with Crippen LogP contribution in [0.3, 0.4) is 0 Å². The number of aromatic amines is 1. The lowest BCUT2D eigenvalue weighted by atomic mass is 10.1. The summed E-state index contributed by atoms with van der Waals surface area (Å²) >= 11 is 3.36. The van der Waals surface area contributed by atoms with Crippen molar-refractivity contribution in [3.05, 3.63) is 100 Å². The van der Waals surface area contributed by atoms with Gasteiger partial charge in [0.1, 0.15) is 0 Å². The lowest BCUT2D eigenvalue weighted by Gasteiger charge is -2.07. The molecule has 3 N–H and O–H groups in total. The number of hydrogen-bond donors (Lipinski definition) is 3. The summed E-state index contributed by atoms with van der Waals surface area (Å²) in [5.41, 5.74) is 5.97. The number of nitrogens with one attached hydrogen (secondary N) is 3. The summed E-state index contributed by atoms with van der Waals surface area (Å²) in [6.45, 7) is 0. The monoisotopic (exact) mass is 460 g/mol. The summed E-state index contributed by atoms with van der Waals surface area (Å²) < 4.78 is 0.714. The van der Waals surface area contributed by atoms with Gasteiger partial charge in [0.2, 0.25) is 0 Å². The Hall–Kier alpha value is -3.71. The van der Waals surface area contributed by atoms with E-state index in [2.05, 4.69) is 36.8 Å². The highest BCUT2D eigenvalue weighted by Gasteiger charge is 2.10. The largest absolute Gasteiger partial charge is 0.361 e. The molecule has 0 aliphatic carbocycles. The smallest absolute Gasteiger partial charge is 0.271 e. The number of halogens is 1.